The van der Waals surface area contributed by atoms with Crippen LogP contribution in [0.3, 0.4) is 0 Å². The van der Waals surface area contributed by atoms with E-state index in [1.165, 1.54) is 6.42 Å². The Bertz CT molecular complexity index is 176. The van der Waals surface area contributed by atoms with Crippen LogP contribution in [0.25, 0.3) is 0 Å². The van der Waals surface area contributed by atoms with Gasteiger partial charge in [0, 0.05) is 0 Å². The van der Waals surface area contributed by atoms with Crippen molar-refractivity contribution in [2.24, 2.45) is 23.2 Å². The Kier molecular flexibility index (Phi) is 1.07. The van der Waals surface area contributed by atoms with Crippen LogP contribution in [-0.2, 0) is 0 Å². The van der Waals surface area contributed by atoms with Gasteiger partial charge in [-0.1, -0.05) is 32.9 Å². The quantitative estimate of drug-likeness (QED) is 0.449. The van der Waals surface area contributed by atoms with E-state index in [1.54, 1.807) is 0 Å². The van der Waals surface area contributed by atoms with Crippen molar-refractivity contribution in [3.63, 3.8) is 0 Å². The first-order chi connectivity index (χ1) is 4.62. The Labute approximate surface area is 63.3 Å². The predicted octanol–water partition coefficient (Wildman–Crippen LogP) is 2.85. The number of hydrogen-bond donors (Lipinski definition) is 0. The molecule has 3 aliphatic rings. The highest BCUT2D eigenvalue weighted by atomic mass is 14.5. The van der Waals surface area contributed by atoms with E-state index in [0.29, 0.717) is 5.41 Å². The van der Waals surface area contributed by atoms with Gasteiger partial charge in [-0.05, 0) is 29.6 Å². The standard InChI is InChI=1S/C10H16/c1-7-4-5-8-6-9(7)10(8,2)3/h4-5,7-9H,6H2,1-3H3/t7?,8?,9-/m1/s1. The molecule has 2 bridgehead atoms. The number of allylic oxidation sites excluding steroid dienone is 2. The smallest absolute Gasteiger partial charge is 0.0176 e. The summed E-state index contributed by atoms with van der Waals surface area (Å²) >= 11 is 0. The molecule has 3 atom stereocenters. The lowest BCUT2D eigenvalue weighted by atomic mass is 9.48. The molecule has 3 rings (SSSR count). The fraction of sp³-hybridized carbons (Fsp3) is 0.800. The largest absolute Gasteiger partial charge is 0.0851 e. The van der Waals surface area contributed by atoms with Gasteiger partial charge in [0.15, 0.2) is 0 Å². The summed E-state index contributed by atoms with van der Waals surface area (Å²) in [4.78, 5) is 0. The van der Waals surface area contributed by atoms with Crippen LogP contribution in [0.15, 0.2) is 12.2 Å². The van der Waals surface area contributed by atoms with Gasteiger partial charge in [0.25, 0.3) is 0 Å². The van der Waals surface area contributed by atoms with Crippen molar-refractivity contribution in [2.45, 2.75) is 27.2 Å². The molecule has 0 heteroatoms. The molecule has 3 aliphatic carbocycles. The SMILES string of the molecule is CC1C=CC2C[C@H]1C2(C)C. The summed E-state index contributed by atoms with van der Waals surface area (Å²) in [6.07, 6.45) is 6.26. The highest BCUT2D eigenvalue weighted by Crippen LogP contribution is 2.58. The topological polar surface area (TPSA) is 0 Å². The molecule has 0 nitrogen and oxygen atoms in total. The Balaban J connectivity index is 2.28. The molecule has 0 N–H and O–H groups in total. The van der Waals surface area contributed by atoms with Crippen molar-refractivity contribution < 1.29 is 0 Å². The minimum atomic E-state index is 0.619. The molecule has 0 saturated heterocycles. The summed E-state index contributed by atoms with van der Waals surface area (Å²) in [7, 11) is 0. The third-order valence-electron chi connectivity index (χ3n) is 3.70. The molecule has 56 valence electrons. The van der Waals surface area contributed by atoms with E-state index in [4.69, 9.17) is 0 Å². The zero-order chi connectivity index (χ0) is 7.35. The van der Waals surface area contributed by atoms with Crippen LogP contribution in [0.5, 0.6) is 0 Å². The fourth-order valence-corrected chi connectivity index (χ4v) is 2.66. The molecule has 1 saturated carbocycles. The minimum Gasteiger partial charge on any atom is -0.0851 e. The van der Waals surface area contributed by atoms with Crippen LogP contribution in [0.4, 0.5) is 0 Å². The van der Waals surface area contributed by atoms with Gasteiger partial charge < -0.3 is 0 Å². The Morgan fingerprint density at radius 2 is 2.00 bits per heavy atom. The molecule has 0 spiro atoms. The number of fused-ring (bicyclic) bond motifs is 1. The molecule has 2 unspecified atom stereocenters. The van der Waals surface area contributed by atoms with E-state index in [0.717, 1.165) is 17.8 Å². The molecule has 10 heavy (non-hydrogen) atoms. The summed E-state index contributed by atoms with van der Waals surface area (Å²) in [5.41, 5.74) is 0.619. The molecule has 0 radical (unpaired) electrons. The van der Waals surface area contributed by atoms with E-state index >= 15 is 0 Å². The second kappa shape index (κ2) is 1.66. The van der Waals surface area contributed by atoms with Crippen LogP contribution in [0.1, 0.15) is 27.2 Å². The van der Waals surface area contributed by atoms with Crippen molar-refractivity contribution >= 4 is 0 Å². The molecule has 1 fully saturated rings. The second-order valence-electron chi connectivity index (χ2n) is 4.51. The second-order valence-corrected chi connectivity index (χ2v) is 4.51. The third kappa shape index (κ3) is 0.574. The summed E-state index contributed by atoms with van der Waals surface area (Å²) in [6.45, 7) is 7.16. The molecule has 0 heterocycles. The average molecular weight is 136 g/mol. The summed E-state index contributed by atoms with van der Waals surface area (Å²) in [5, 5.41) is 0. The molecule has 0 amide bonds. The van der Waals surface area contributed by atoms with Crippen LogP contribution >= 0.6 is 0 Å². The van der Waals surface area contributed by atoms with Crippen molar-refractivity contribution in [1.82, 2.24) is 0 Å². The van der Waals surface area contributed by atoms with Crippen molar-refractivity contribution in [3.05, 3.63) is 12.2 Å². The first-order valence-corrected chi connectivity index (χ1v) is 4.30. The van der Waals surface area contributed by atoms with E-state index in [-0.39, 0.29) is 0 Å². The Hall–Kier alpha value is -0.260. The maximum absolute atomic E-state index is 2.42. The molecular formula is C10H16. The van der Waals surface area contributed by atoms with Crippen LogP contribution in [0.2, 0.25) is 0 Å². The predicted molar refractivity (Wildman–Crippen MR) is 43.7 cm³/mol. The Morgan fingerprint density at radius 3 is 2.30 bits per heavy atom. The van der Waals surface area contributed by atoms with Gasteiger partial charge in [0.2, 0.25) is 0 Å². The van der Waals surface area contributed by atoms with Crippen LogP contribution in [0, 0.1) is 23.2 Å². The highest BCUT2D eigenvalue weighted by Gasteiger charge is 2.50. The average Bonchev–Trinajstić information content (AvgIpc) is 1.87. The number of hydrogen-bond acceptors (Lipinski definition) is 0. The molecule has 0 aromatic carbocycles. The summed E-state index contributed by atoms with van der Waals surface area (Å²) in [5.74, 6) is 2.70. The maximum Gasteiger partial charge on any atom is -0.0176 e. The maximum atomic E-state index is 2.42. The Morgan fingerprint density at radius 1 is 1.30 bits per heavy atom. The van der Waals surface area contributed by atoms with Gasteiger partial charge in [-0.2, -0.15) is 0 Å². The number of rotatable bonds is 0. The lowest BCUT2D eigenvalue weighted by Gasteiger charge is -2.56. The molecular weight excluding hydrogens is 120 g/mol. The van der Waals surface area contributed by atoms with Gasteiger partial charge in [-0.15, -0.1) is 0 Å². The van der Waals surface area contributed by atoms with Gasteiger partial charge in [0.05, 0.1) is 0 Å². The minimum absolute atomic E-state index is 0.619. The summed E-state index contributed by atoms with van der Waals surface area (Å²) < 4.78 is 0. The van der Waals surface area contributed by atoms with Crippen LogP contribution in [-0.4, -0.2) is 0 Å². The van der Waals surface area contributed by atoms with E-state index in [9.17, 15) is 0 Å². The van der Waals surface area contributed by atoms with E-state index in [1.807, 2.05) is 0 Å². The lowest BCUT2D eigenvalue weighted by molar-refractivity contribution is -0.0258. The fourth-order valence-electron chi connectivity index (χ4n) is 2.66. The van der Waals surface area contributed by atoms with Crippen LogP contribution < -0.4 is 0 Å². The van der Waals surface area contributed by atoms with Gasteiger partial charge in [-0.3, -0.25) is 0 Å². The van der Waals surface area contributed by atoms with E-state index in [2.05, 4.69) is 32.9 Å². The monoisotopic (exact) mass is 136 g/mol. The zero-order valence-electron chi connectivity index (χ0n) is 7.09. The van der Waals surface area contributed by atoms with Gasteiger partial charge in [0.1, 0.15) is 0 Å². The zero-order valence-corrected chi connectivity index (χ0v) is 7.09. The van der Waals surface area contributed by atoms with Gasteiger partial charge >= 0.3 is 0 Å². The van der Waals surface area contributed by atoms with Crippen molar-refractivity contribution in [2.75, 3.05) is 0 Å². The molecule has 0 aromatic rings. The first kappa shape index (κ1) is 6.45. The van der Waals surface area contributed by atoms with Crippen molar-refractivity contribution in [3.8, 4) is 0 Å². The highest BCUT2D eigenvalue weighted by molar-refractivity contribution is 5.15. The van der Waals surface area contributed by atoms with Gasteiger partial charge in [-0.25, -0.2) is 0 Å². The van der Waals surface area contributed by atoms with Crippen molar-refractivity contribution in [1.29, 1.82) is 0 Å². The summed E-state index contributed by atoms with van der Waals surface area (Å²) in [6, 6.07) is 0. The third-order valence-corrected chi connectivity index (χ3v) is 3.70. The molecule has 0 aliphatic heterocycles. The molecule has 0 aromatic heterocycles. The lowest BCUT2D eigenvalue weighted by Crippen LogP contribution is -2.49. The normalized spacial score (nSPS) is 48.5. The first-order valence-electron chi connectivity index (χ1n) is 4.30. The van der Waals surface area contributed by atoms with E-state index < -0.39 is 0 Å².